The molecule has 0 spiro atoms. The molecule has 6 aromatic carbocycles. The summed E-state index contributed by atoms with van der Waals surface area (Å²) < 4.78 is 92.1. The predicted octanol–water partition coefficient (Wildman–Crippen LogP) is 8.10. The highest BCUT2D eigenvalue weighted by Crippen LogP contribution is 2.31. The van der Waals surface area contributed by atoms with Crippen molar-refractivity contribution in [2.24, 2.45) is 0 Å². The molecule has 0 N–H and O–H groups in total. The summed E-state index contributed by atoms with van der Waals surface area (Å²) in [6.07, 6.45) is 0. The molecule has 0 saturated carbocycles. The fraction of sp³-hybridized carbons (Fsp3) is 0.200. The van der Waals surface area contributed by atoms with E-state index in [2.05, 4.69) is 0 Å². The van der Waals surface area contributed by atoms with Gasteiger partial charge in [0, 0.05) is 39.3 Å². The Morgan fingerprint density at radius 3 is 0.649 bits per heavy atom. The van der Waals surface area contributed by atoms with E-state index in [0.29, 0.717) is 33.4 Å². The van der Waals surface area contributed by atoms with E-state index in [1.807, 2.05) is 93.6 Å². The van der Waals surface area contributed by atoms with Crippen LogP contribution in [-0.4, -0.2) is 38.2 Å². The smallest absolute Gasteiger partial charge is 0.207 e. The largest absolute Gasteiger partial charge is 0.243 e. The van der Waals surface area contributed by atoms with Gasteiger partial charge in [-0.15, -0.1) is 0 Å². The second kappa shape index (κ2) is 16.5. The monoisotopic (exact) mass is 819 g/mol. The molecule has 0 bridgehead atoms. The molecule has 6 aromatic rings. The molecule has 0 fully saturated rings. The summed E-state index contributed by atoms with van der Waals surface area (Å²) in [5.41, 5.74) is 6.57. The van der Waals surface area contributed by atoms with Gasteiger partial charge in [-0.2, -0.15) is 12.9 Å². The highest BCUT2D eigenvalue weighted by Gasteiger charge is 2.32. The lowest BCUT2D eigenvalue weighted by atomic mass is 10.1. The average molecular weight is 820 g/mol. The number of nitrogens with zero attached hydrogens (tertiary/aromatic N) is 3. The number of hydrogen-bond acceptors (Lipinski definition) is 6. The first-order valence-electron chi connectivity index (χ1n) is 18.6. The lowest BCUT2D eigenvalue weighted by Crippen LogP contribution is -2.33. The Kier molecular flexibility index (Phi) is 11.6. The molecular formula is C45H45N3O6S3. The molecule has 294 valence electrons. The first-order chi connectivity index (χ1) is 27.2. The first kappa shape index (κ1) is 40.3. The van der Waals surface area contributed by atoms with Gasteiger partial charge in [0.2, 0.25) is 30.1 Å². The Hall–Kier alpha value is -4.95. The lowest BCUT2D eigenvalue weighted by molar-refractivity contribution is 0.384. The van der Waals surface area contributed by atoms with Crippen molar-refractivity contribution in [2.45, 2.75) is 74.7 Å². The van der Waals surface area contributed by atoms with E-state index >= 15 is 0 Å². The van der Waals surface area contributed by atoms with Crippen molar-refractivity contribution in [3.05, 3.63) is 196 Å². The topological polar surface area (TPSA) is 112 Å². The quantitative estimate of drug-likeness (QED) is 0.168. The van der Waals surface area contributed by atoms with Crippen molar-refractivity contribution in [1.29, 1.82) is 0 Å². The van der Waals surface area contributed by atoms with Gasteiger partial charge >= 0.3 is 0 Å². The van der Waals surface area contributed by atoms with Gasteiger partial charge in [-0.3, -0.25) is 0 Å². The Morgan fingerprint density at radius 1 is 0.298 bits per heavy atom. The molecule has 9 nitrogen and oxygen atoms in total. The minimum absolute atomic E-state index is 0.0684. The van der Waals surface area contributed by atoms with Gasteiger partial charge in [0.05, 0.1) is 14.7 Å². The summed E-state index contributed by atoms with van der Waals surface area (Å²) in [5, 5.41) is 0. The first-order valence-corrected chi connectivity index (χ1v) is 22.9. The molecule has 12 heteroatoms. The molecule has 1 heterocycles. The van der Waals surface area contributed by atoms with E-state index in [9.17, 15) is 25.3 Å². The second-order valence-electron chi connectivity index (χ2n) is 14.6. The zero-order valence-electron chi connectivity index (χ0n) is 32.1. The van der Waals surface area contributed by atoms with Crippen molar-refractivity contribution >= 4 is 30.1 Å². The van der Waals surface area contributed by atoms with Crippen LogP contribution in [0.1, 0.15) is 50.1 Å². The van der Waals surface area contributed by atoms with Crippen LogP contribution in [0.3, 0.4) is 0 Å². The molecule has 0 amide bonds. The molecule has 57 heavy (non-hydrogen) atoms. The van der Waals surface area contributed by atoms with E-state index in [-0.39, 0.29) is 54.0 Å². The maximum atomic E-state index is 14.6. The summed E-state index contributed by atoms with van der Waals surface area (Å²) in [6.45, 7) is 5.25. The number of fused-ring (bicyclic) bond motifs is 3. The van der Waals surface area contributed by atoms with Gasteiger partial charge in [-0.25, -0.2) is 25.3 Å². The summed E-state index contributed by atoms with van der Waals surface area (Å²) in [6, 6.07) is 41.9. The predicted molar refractivity (Wildman–Crippen MR) is 222 cm³/mol. The maximum absolute atomic E-state index is 14.6. The van der Waals surface area contributed by atoms with Crippen LogP contribution in [0.5, 0.6) is 0 Å². The Morgan fingerprint density at radius 2 is 0.474 bits per heavy atom. The standard InChI is InChI=1S/C45H45N3O6S3/c1-34-16-22-43(23-17-34)55(49,50)46-28-37-10-4-6-12-39(37)30-47(56(51,52)44-24-18-35(2)19-25-44)32-41-14-8-9-15-42(41)33-48(31-40-13-7-5-11-38(40)29-46)57(53,54)45-26-20-36(3)21-27-45/h4-27H,28-33H2,1-3H3. The third-order valence-corrected chi connectivity index (χ3v) is 15.8. The van der Waals surface area contributed by atoms with Gasteiger partial charge in [-0.1, -0.05) is 126 Å². The fourth-order valence-corrected chi connectivity index (χ4v) is 11.2. The van der Waals surface area contributed by atoms with Crippen molar-refractivity contribution in [2.75, 3.05) is 0 Å². The zero-order chi connectivity index (χ0) is 40.4. The number of rotatable bonds is 6. The Labute approximate surface area is 337 Å². The third kappa shape index (κ3) is 8.81. The molecule has 0 atom stereocenters. The van der Waals surface area contributed by atoms with E-state index in [4.69, 9.17) is 0 Å². The third-order valence-electron chi connectivity index (χ3n) is 10.4. The van der Waals surface area contributed by atoms with Crippen LogP contribution in [0.4, 0.5) is 0 Å². The van der Waals surface area contributed by atoms with Crippen molar-refractivity contribution in [1.82, 2.24) is 12.9 Å². The molecule has 0 radical (unpaired) electrons. The Bertz CT molecular complexity index is 2340. The van der Waals surface area contributed by atoms with Crippen LogP contribution in [0.2, 0.25) is 0 Å². The van der Waals surface area contributed by atoms with E-state index in [1.165, 1.54) is 12.9 Å². The molecule has 1 aliphatic heterocycles. The van der Waals surface area contributed by atoms with Gasteiger partial charge in [0.25, 0.3) is 0 Å². The molecule has 7 rings (SSSR count). The molecule has 1 aliphatic rings. The van der Waals surface area contributed by atoms with Crippen LogP contribution in [0, 0.1) is 20.8 Å². The molecular weight excluding hydrogens is 775 g/mol. The van der Waals surface area contributed by atoms with Gasteiger partial charge in [0.1, 0.15) is 0 Å². The number of hydrogen-bond donors (Lipinski definition) is 0. The van der Waals surface area contributed by atoms with Gasteiger partial charge < -0.3 is 0 Å². The van der Waals surface area contributed by atoms with Crippen molar-refractivity contribution in [3.63, 3.8) is 0 Å². The minimum Gasteiger partial charge on any atom is -0.207 e. The van der Waals surface area contributed by atoms with E-state index in [1.54, 1.807) is 72.8 Å². The summed E-state index contributed by atoms with van der Waals surface area (Å²) in [5.74, 6) is 0. The minimum atomic E-state index is -4.13. The van der Waals surface area contributed by atoms with E-state index < -0.39 is 30.1 Å². The Balaban J connectivity index is 1.44. The van der Waals surface area contributed by atoms with Gasteiger partial charge in [0.15, 0.2) is 0 Å². The molecule has 0 unspecified atom stereocenters. The SMILES string of the molecule is Cc1ccc(S(=O)(=O)N2Cc3ccccc3CN(S(=O)(=O)c3ccc(C)cc3)Cc3ccccc3CN(S(=O)(=O)c3ccc(C)cc3)Cc3ccccc3C2)cc1. The van der Waals surface area contributed by atoms with Crippen LogP contribution >= 0.6 is 0 Å². The van der Waals surface area contributed by atoms with Crippen molar-refractivity contribution < 1.29 is 25.3 Å². The normalized spacial score (nSPS) is 15.4. The summed E-state index contributed by atoms with van der Waals surface area (Å²) in [4.78, 5) is 0.343. The molecule has 0 aliphatic carbocycles. The van der Waals surface area contributed by atoms with Crippen LogP contribution in [-0.2, 0) is 69.3 Å². The van der Waals surface area contributed by atoms with Crippen LogP contribution in [0.25, 0.3) is 0 Å². The average Bonchev–Trinajstić information content (AvgIpc) is 3.19. The fourth-order valence-electron chi connectivity index (χ4n) is 6.99. The number of sulfonamides is 3. The maximum Gasteiger partial charge on any atom is 0.243 e. The van der Waals surface area contributed by atoms with E-state index in [0.717, 1.165) is 16.7 Å². The second-order valence-corrected chi connectivity index (χ2v) is 20.4. The molecule has 0 saturated heterocycles. The van der Waals surface area contributed by atoms with Crippen LogP contribution < -0.4 is 0 Å². The summed E-state index contributed by atoms with van der Waals surface area (Å²) >= 11 is 0. The van der Waals surface area contributed by atoms with Crippen molar-refractivity contribution in [3.8, 4) is 0 Å². The lowest BCUT2D eigenvalue weighted by Gasteiger charge is -2.27. The van der Waals surface area contributed by atoms with Crippen LogP contribution in [0.15, 0.2) is 160 Å². The molecule has 0 aromatic heterocycles. The van der Waals surface area contributed by atoms with Gasteiger partial charge in [-0.05, 0) is 90.6 Å². The highest BCUT2D eigenvalue weighted by atomic mass is 32.2. The highest BCUT2D eigenvalue weighted by molar-refractivity contribution is 7.89. The zero-order valence-corrected chi connectivity index (χ0v) is 34.6. The number of benzene rings is 6. The number of aryl methyl sites for hydroxylation is 3. The summed E-state index contributed by atoms with van der Waals surface area (Å²) in [7, 11) is -12.4.